The van der Waals surface area contributed by atoms with Gasteiger partial charge >= 0.3 is 12.6 Å². The van der Waals surface area contributed by atoms with E-state index in [1.54, 1.807) is 24.3 Å². The molecule has 2 aromatic carbocycles. The van der Waals surface area contributed by atoms with Crippen LogP contribution in [0.15, 0.2) is 42.5 Å². The van der Waals surface area contributed by atoms with Crippen molar-refractivity contribution in [3.05, 3.63) is 53.6 Å². The van der Waals surface area contributed by atoms with E-state index in [0.29, 0.717) is 23.7 Å². The van der Waals surface area contributed by atoms with Gasteiger partial charge in [0.25, 0.3) is 0 Å². The molecule has 0 atom stereocenters. The van der Waals surface area contributed by atoms with Crippen molar-refractivity contribution in [1.29, 1.82) is 0 Å². The molecular weight excluding hydrogens is 386 g/mol. The number of hydrogen-bond acceptors (Lipinski definition) is 6. The van der Waals surface area contributed by atoms with Gasteiger partial charge in [-0.15, -0.1) is 0 Å². The Morgan fingerprint density at radius 3 is 2.34 bits per heavy atom. The fourth-order valence-electron chi connectivity index (χ4n) is 2.42. The zero-order chi connectivity index (χ0) is 21.2. The Balaban J connectivity index is 1.97. The fraction of sp³-hybridized carbons (Fsp3) is 0.286. The Hall–Kier alpha value is -3.29. The van der Waals surface area contributed by atoms with Crippen molar-refractivity contribution in [2.75, 3.05) is 20.8 Å². The number of carbonyl (C=O) groups excluding carboxylic acids is 1. The number of methoxy groups -OCH3 is 2. The molecule has 0 amide bonds. The topological polar surface area (TPSA) is 63.2 Å². The van der Waals surface area contributed by atoms with Gasteiger partial charge in [-0.05, 0) is 48.4 Å². The first kappa shape index (κ1) is 22.0. The van der Waals surface area contributed by atoms with Crippen molar-refractivity contribution in [2.45, 2.75) is 20.1 Å². The monoisotopic (exact) mass is 408 g/mol. The Labute approximate surface area is 167 Å². The number of rotatable bonds is 10. The minimum absolute atomic E-state index is 0.0545. The van der Waals surface area contributed by atoms with Crippen LogP contribution in [-0.4, -0.2) is 33.4 Å². The quantitative estimate of drug-likeness (QED) is 0.427. The third-order valence-electron chi connectivity index (χ3n) is 3.72. The van der Waals surface area contributed by atoms with E-state index in [4.69, 9.17) is 18.9 Å². The number of esters is 1. The molecule has 0 bridgehead atoms. The maximum Gasteiger partial charge on any atom is 0.387 e. The zero-order valence-electron chi connectivity index (χ0n) is 16.3. The lowest BCUT2D eigenvalue weighted by molar-refractivity contribution is -0.138. The van der Waals surface area contributed by atoms with Crippen molar-refractivity contribution in [3.63, 3.8) is 0 Å². The van der Waals surface area contributed by atoms with Gasteiger partial charge in [0.15, 0.2) is 23.0 Å². The summed E-state index contributed by atoms with van der Waals surface area (Å²) in [5, 5.41) is 0. The summed E-state index contributed by atoms with van der Waals surface area (Å²) in [5.74, 6) is 0.631. The molecule has 8 heteroatoms. The zero-order valence-corrected chi connectivity index (χ0v) is 16.3. The van der Waals surface area contributed by atoms with E-state index in [1.165, 1.54) is 38.5 Å². The third kappa shape index (κ3) is 6.67. The Morgan fingerprint density at radius 2 is 1.69 bits per heavy atom. The van der Waals surface area contributed by atoms with Gasteiger partial charge in [-0.25, -0.2) is 4.79 Å². The number of hydrogen-bond donors (Lipinski definition) is 0. The van der Waals surface area contributed by atoms with Crippen LogP contribution < -0.4 is 18.9 Å². The predicted octanol–water partition coefficient (Wildman–Crippen LogP) is 4.46. The average molecular weight is 408 g/mol. The molecule has 0 N–H and O–H groups in total. The number of ether oxygens (including phenoxy) is 5. The molecule has 0 radical (unpaired) electrons. The van der Waals surface area contributed by atoms with Crippen LogP contribution in [0.1, 0.15) is 18.1 Å². The molecule has 0 aromatic heterocycles. The molecule has 0 heterocycles. The number of carbonyl (C=O) groups is 1. The number of halogens is 2. The molecule has 0 saturated heterocycles. The third-order valence-corrected chi connectivity index (χ3v) is 3.72. The lowest BCUT2D eigenvalue weighted by atomic mass is 10.2. The molecule has 6 nitrogen and oxygen atoms in total. The summed E-state index contributed by atoms with van der Waals surface area (Å²) in [6.45, 7) is -0.629. The second-order valence-corrected chi connectivity index (χ2v) is 5.65. The fourth-order valence-corrected chi connectivity index (χ4v) is 2.42. The molecule has 2 aromatic rings. The molecule has 2 rings (SSSR count). The summed E-state index contributed by atoms with van der Waals surface area (Å²) in [4.78, 5) is 12.0. The summed E-state index contributed by atoms with van der Waals surface area (Å²) in [6.07, 6.45) is 2.86. The highest BCUT2D eigenvalue weighted by atomic mass is 19.3. The van der Waals surface area contributed by atoms with E-state index < -0.39 is 12.6 Å². The molecule has 0 fully saturated rings. The number of alkyl halides is 2. The standard InChI is InChI=1S/C21H22F2O6/c1-4-27-16-8-5-14(11-18(16)25-2)7-10-20(24)28-13-15-6-9-17(29-21(22)23)19(12-15)26-3/h5-12,21H,4,13H2,1-3H3/b10-7+. The van der Waals surface area contributed by atoms with E-state index in [9.17, 15) is 13.6 Å². The molecule has 0 unspecified atom stereocenters. The van der Waals surface area contributed by atoms with Gasteiger partial charge in [-0.2, -0.15) is 8.78 Å². The first-order chi connectivity index (χ1) is 14.0. The molecule has 0 aliphatic carbocycles. The van der Waals surface area contributed by atoms with Gasteiger partial charge in [0.05, 0.1) is 20.8 Å². The summed E-state index contributed by atoms with van der Waals surface area (Å²) in [6, 6.07) is 9.57. The lowest BCUT2D eigenvalue weighted by Gasteiger charge is -2.11. The Kier molecular flexibility index (Phi) is 8.27. The summed E-state index contributed by atoms with van der Waals surface area (Å²) in [5.41, 5.74) is 1.30. The van der Waals surface area contributed by atoms with Crippen LogP contribution in [0.2, 0.25) is 0 Å². The highest BCUT2D eigenvalue weighted by Gasteiger charge is 2.11. The molecule has 0 saturated carbocycles. The number of benzene rings is 2. The van der Waals surface area contributed by atoms with Gasteiger partial charge < -0.3 is 23.7 Å². The van der Waals surface area contributed by atoms with Crippen LogP contribution in [0.25, 0.3) is 6.08 Å². The Morgan fingerprint density at radius 1 is 1.00 bits per heavy atom. The normalized spacial score (nSPS) is 10.8. The van der Waals surface area contributed by atoms with E-state index in [0.717, 1.165) is 5.56 Å². The van der Waals surface area contributed by atoms with Crippen LogP contribution in [-0.2, 0) is 16.1 Å². The van der Waals surface area contributed by atoms with Gasteiger partial charge in [-0.1, -0.05) is 12.1 Å². The van der Waals surface area contributed by atoms with Crippen LogP contribution >= 0.6 is 0 Å². The molecule has 0 spiro atoms. The summed E-state index contributed by atoms with van der Waals surface area (Å²) in [7, 11) is 2.86. The molecule has 29 heavy (non-hydrogen) atoms. The Bertz CT molecular complexity index is 851. The lowest BCUT2D eigenvalue weighted by Crippen LogP contribution is -2.05. The van der Waals surface area contributed by atoms with Gasteiger partial charge in [0.2, 0.25) is 0 Å². The van der Waals surface area contributed by atoms with Gasteiger partial charge in [-0.3, -0.25) is 0 Å². The average Bonchev–Trinajstić information content (AvgIpc) is 2.72. The van der Waals surface area contributed by atoms with Crippen LogP contribution in [0.4, 0.5) is 8.78 Å². The second-order valence-electron chi connectivity index (χ2n) is 5.65. The van der Waals surface area contributed by atoms with Gasteiger partial charge in [0.1, 0.15) is 6.61 Å². The minimum atomic E-state index is -2.96. The maximum absolute atomic E-state index is 12.4. The highest BCUT2D eigenvalue weighted by Crippen LogP contribution is 2.30. The van der Waals surface area contributed by atoms with Gasteiger partial charge in [0, 0.05) is 6.08 Å². The van der Waals surface area contributed by atoms with Crippen molar-refractivity contribution in [2.24, 2.45) is 0 Å². The first-order valence-corrected chi connectivity index (χ1v) is 8.74. The largest absolute Gasteiger partial charge is 0.493 e. The second kappa shape index (κ2) is 10.9. The predicted molar refractivity (Wildman–Crippen MR) is 103 cm³/mol. The smallest absolute Gasteiger partial charge is 0.387 e. The van der Waals surface area contributed by atoms with Crippen LogP contribution in [0.3, 0.4) is 0 Å². The van der Waals surface area contributed by atoms with E-state index >= 15 is 0 Å². The van der Waals surface area contributed by atoms with Crippen molar-refractivity contribution < 1.29 is 37.3 Å². The maximum atomic E-state index is 12.4. The molecular formula is C21H22F2O6. The first-order valence-electron chi connectivity index (χ1n) is 8.74. The highest BCUT2D eigenvalue weighted by molar-refractivity contribution is 5.87. The van der Waals surface area contributed by atoms with Crippen molar-refractivity contribution >= 4 is 12.0 Å². The van der Waals surface area contributed by atoms with E-state index in [-0.39, 0.29) is 18.1 Å². The molecule has 0 aliphatic rings. The van der Waals surface area contributed by atoms with E-state index in [2.05, 4.69) is 4.74 Å². The SMILES string of the molecule is CCOc1ccc(/C=C/C(=O)OCc2ccc(OC(F)F)c(OC)c2)cc1OC. The van der Waals surface area contributed by atoms with E-state index in [1.807, 2.05) is 6.92 Å². The summed E-state index contributed by atoms with van der Waals surface area (Å²) >= 11 is 0. The van der Waals surface area contributed by atoms with Crippen LogP contribution in [0, 0.1) is 0 Å². The van der Waals surface area contributed by atoms with Crippen LogP contribution in [0.5, 0.6) is 23.0 Å². The molecule has 156 valence electrons. The minimum Gasteiger partial charge on any atom is -0.493 e. The molecule has 0 aliphatic heterocycles. The van der Waals surface area contributed by atoms with Crippen molar-refractivity contribution in [3.8, 4) is 23.0 Å². The van der Waals surface area contributed by atoms with Crippen molar-refractivity contribution in [1.82, 2.24) is 0 Å². The summed E-state index contributed by atoms with van der Waals surface area (Å²) < 4.78 is 49.9.